The molecule has 0 bridgehead atoms. The number of ether oxygens (including phenoxy) is 1. The minimum absolute atomic E-state index is 0. The molecular weight excluding hydrogens is 293 g/mol. The molecule has 2 nitrogen and oxygen atoms in total. The summed E-state index contributed by atoms with van der Waals surface area (Å²) in [4.78, 5) is 0. The van der Waals surface area contributed by atoms with E-state index in [9.17, 15) is 4.39 Å². The Labute approximate surface area is 88.8 Å². The molecule has 2 N–H and O–H groups in total. The monoisotopic (exact) mass is 299 g/mol. The third kappa shape index (κ3) is 2.35. The molecule has 0 aliphatic carbocycles. The third-order valence-electron chi connectivity index (χ3n) is 1.24. The maximum Gasteiger partial charge on any atom is 0.177 e. The summed E-state index contributed by atoms with van der Waals surface area (Å²) in [5, 5.41) is 0. The Balaban J connectivity index is 0.00000121. The van der Waals surface area contributed by atoms with Gasteiger partial charge in [0, 0.05) is 4.47 Å². The van der Waals surface area contributed by atoms with E-state index in [2.05, 4.69) is 15.9 Å². The van der Waals surface area contributed by atoms with Gasteiger partial charge in [0.25, 0.3) is 0 Å². The molecule has 12 heavy (non-hydrogen) atoms. The average molecular weight is 301 g/mol. The number of nitrogen functional groups attached to an aromatic ring is 1. The lowest BCUT2D eigenvalue weighted by molar-refractivity contribution is 0.388. The van der Waals surface area contributed by atoms with Gasteiger partial charge in [-0.3, -0.25) is 0 Å². The predicted molar refractivity (Wildman–Crippen MR) is 55.4 cm³/mol. The van der Waals surface area contributed by atoms with Gasteiger partial charge in [0.1, 0.15) is 0 Å². The van der Waals surface area contributed by atoms with E-state index in [-0.39, 0.29) is 22.7 Å². The van der Waals surface area contributed by atoms with Crippen LogP contribution in [-0.4, -0.2) is 7.11 Å². The molecule has 0 unspecified atom stereocenters. The van der Waals surface area contributed by atoms with Crippen molar-refractivity contribution in [3.05, 3.63) is 22.4 Å². The van der Waals surface area contributed by atoms with Crippen LogP contribution in [0.5, 0.6) is 5.75 Å². The Morgan fingerprint density at radius 3 is 2.50 bits per heavy atom. The molecular formula is C7H8Br2FNO. The van der Waals surface area contributed by atoms with Crippen molar-refractivity contribution in [1.29, 1.82) is 0 Å². The van der Waals surface area contributed by atoms with Crippen LogP contribution in [0.4, 0.5) is 10.1 Å². The van der Waals surface area contributed by atoms with Gasteiger partial charge in [0.05, 0.1) is 12.8 Å². The summed E-state index contributed by atoms with van der Waals surface area (Å²) in [5.74, 6) is -0.368. The van der Waals surface area contributed by atoms with Crippen molar-refractivity contribution < 1.29 is 9.13 Å². The van der Waals surface area contributed by atoms with Crippen LogP contribution >= 0.6 is 32.9 Å². The number of anilines is 1. The summed E-state index contributed by atoms with van der Waals surface area (Å²) in [7, 11) is 1.38. The minimum atomic E-state index is -0.459. The molecule has 0 atom stereocenters. The van der Waals surface area contributed by atoms with Gasteiger partial charge in [-0.25, -0.2) is 4.39 Å². The van der Waals surface area contributed by atoms with E-state index in [0.717, 1.165) is 0 Å². The van der Waals surface area contributed by atoms with Crippen LogP contribution in [0, 0.1) is 5.82 Å². The summed E-state index contributed by atoms with van der Waals surface area (Å²) >= 11 is 3.10. The number of benzene rings is 1. The molecule has 0 aliphatic heterocycles. The predicted octanol–water partition coefficient (Wildman–Crippen LogP) is 2.76. The maximum absolute atomic E-state index is 12.9. The largest absolute Gasteiger partial charge is 0.492 e. The molecule has 0 aromatic heterocycles. The third-order valence-corrected chi connectivity index (χ3v) is 1.70. The average Bonchev–Trinajstić information content (AvgIpc) is 1.85. The summed E-state index contributed by atoms with van der Waals surface area (Å²) < 4.78 is 18.2. The second-order valence-electron chi connectivity index (χ2n) is 2.01. The van der Waals surface area contributed by atoms with Crippen LogP contribution in [0.3, 0.4) is 0 Å². The molecule has 0 saturated carbocycles. The van der Waals surface area contributed by atoms with E-state index in [0.29, 0.717) is 10.2 Å². The van der Waals surface area contributed by atoms with E-state index in [1.807, 2.05) is 0 Å². The van der Waals surface area contributed by atoms with Crippen molar-refractivity contribution in [2.45, 2.75) is 0 Å². The number of rotatable bonds is 1. The normalized spacial score (nSPS) is 8.92. The van der Waals surface area contributed by atoms with Crippen molar-refractivity contribution >= 4 is 38.6 Å². The van der Waals surface area contributed by atoms with Gasteiger partial charge in [-0.15, -0.1) is 17.0 Å². The molecule has 0 saturated heterocycles. The Kier molecular flexibility index (Phi) is 4.55. The Morgan fingerprint density at radius 2 is 2.08 bits per heavy atom. The van der Waals surface area contributed by atoms with Gasteiger partial charge < -0.3 is 10.5 Å². The fourth-order valence-electron chi connectivity index (χ4n) is 0.796. The fraction of sp³-hybridized carbons (Fsp3) is 0.143. The fourth-order valence-corrected chi connectivity index (χ4v) is 1.24. The molecule has 1 aromatic carbocycles. The van der Waals surface area contributed by atoms with Crippen LogP contribution in [0.1, 0.15) is 0 Å². The zero-order valence-electron chi connectivity index (χ0n) is 6.30. The molecule has 0 heterocycles. The van der Waals surface area contributed by atoms with Crippen LogP contribution in [0.2, 0.25) is 0 Å². The van der Waals surface area contributed by atoms with Crippen LogP contribution in [0.15, 0.2) is 16.6 Å². The smallest absolute Gasteiger partial charge is 0.177 e. The van der Waals surface area contributed by atoms with Crippen molar-refractivity contribution in [1.82, 2.24) is 0 Å². The molecule has 0 spiro atoms. The number of hydrogen-bond acceptors (Lipinski definition) is 2. The van der Waals surface area contributed by atoms with Gasteiger partial charge >= 0.3 is 0 Å². The minimum Gasteiger partial charge on any atom is -0.492 e. The molecule has 1 rings (SSSR count). The summed E-state index contributed by atoms with van der Waals surface area (Å²) in [6, 6.07) is 2.89. The van der Waals surface area contributed by atoms with Gasteiger partial charge in [0.15, 0.2) is 11.6 Å². The lowest BCUT2D eigenvalue weighted by atomic mass is 10.3. The van der Waals surface area contributed by atoms with Crippen molar-refractivity contribution in [2.24, 2.45) is 0 Å². The van der Waals surface area contributed by atoms with E-state index >= 15 is 0 Å². The quantitative estimate of drug-likeness (QED) is 0.810. The molecule has 0 radical (unpaired) electrons. The van der Waals surface area contributed by atoms with Crippen molar-refractivity contribution in [2.75, 3.05) is 12.8 Å². The highest BCUT2D eigenvalue weighted by molar-refractivity contribution is 9.10. The molecule has 68 valence electrons. The summed E-state index contributed by atoms with van der Waals surface area (Å²) in [6.45, 7) is 0. The van der Waals surface area contributed by atoms with Gasteiger partial charge in [-0.2, -0.15) is 0 Å². The standard InChI is InChI=1S/C7H7BrFNO.BrH/c1-11-7-5(9)2-4(8)3-6(7)10;/h2-3H,10H2,1H3;1H. The van der Waals surface area contributed by atoms with Crippen molar-refractivity contribution in [3.8, 4) is 5.75 Å². The zero-order valence-corrected chi connectivity index (χ0v) is 9.60. The first-order valence-electron chi connectivity index (χ1n) is 2.93. The van der Waals surface area contributed by atoms with Crippen LogP contribution in [0.25, 0.3) is 0 Å². The van der Waals surface area contributed by atoms with Crippen LogP contribution in [-0.2, 0) is 0 Å². The van der Waals surface area contributed by atoms with E-state index in [1.165, 1.54) is 13.2 Å². The number of nitrogens with two attached hydrogens (primary N) is 1. The first-order valence-corrected chi connectivity index (χ1v) is 3.73. The molecule has 1 aromatic rings. The van der Waals surface area contributed by atoms with E-state index in [1.54, 1.807) is 6.07 Å². The SMILES string of the molecule is Br.COc1c(N)cc(Br)cc1F. The molecule has 0 amide bonds. The van der Waals surface area contributed by atoms with E-state index < -0.39 is 5.82 Å². The van der Waals surface area contributed by atoms with Crippen molar-refractivity contribution in [3.63, 3.8) is 0 Å². The molecule has 0 fully saturated rings. The Bertz CT molecular complexity index is 257. The first kappa shape index (κ1) is 11.7. The van der Waals surface area contributed by atoms with Gasteiger partial charge in [-0.05, 0) is 12.1 Å². The van der Waals surface area contributed by atoms with Gasteiger partial charge in [0.2, 0.25) is 0 Å². The maximum atomic E-state index is 12.9. The number of hydrogen-bond donors (Lipinski definition) is 1. The lowest BCUT2D eigenvalue weighted by Gasteiger charge is -2.04. The second-order valence-corrected chi connectivity index (χ2v) is 2.93. The Morgan fingerprint density at radius 1 is 1.50 bits per heavy atom. The molecule has 5 heteroatoms. The lowest BCUT2D eigenvalue weighted by Crippen LogP contribution is -1.95. The van der Waals surface area contributed by atoms with Gasteiger partial charge in [-0.1, -0.05) is 15.9 Å². The number of methoxy groups -OCH3 is 1. The molecule has 0 aliphatic rings. The summed E-state index contributed by atoms with van der Waals surface area (Å²) in [5.41, 5.74) is 5.73. The van der Waals surface area contributed by atoms with Crippen LogP contribution < -0.4 is 10.5 Å². The topological polar surface area (TPSA) is 35.2 Å². The summed E-state index contributed by atoms with van der Waals surface area (Å²) in [6.07, 6.45) is 0. The zero-order chi connectivity index (χ0) is 8.43. The van der Waals surface area contributed by atoms with E-state index in [4.69, 9.17) is 10.5 Å². The Hall–Kier alpha value is -0.290. The highest BCUT2D eigenvalue weighted by atomic mass is 79.9. The first-order chi connectivity index (χ1) is 5.15. The highest BCUT2D eigenvalue weighted by Gasteiger charge is 2.06. The second kappa shape index (κ2) is 4.67. The highest BCUT2D eigenvalue weighted by Crippen LogP contribution is 2.28. The number of halogens is 3.